The lowest BCUT2D eigenvalue weighted by Gasteiger charge is -2.16. The summed E-state index contributed by atoms with van der Waals surface area (Å²) in [7, 11) is -3.63. The van der Waals surface area contributed by atoms with Gasteiger partial charge in [-0.15, -0.1) is 0 Å². The molecule has 0 atom stereocenters. The van der Waals surface area contributed by atoms with Crippen LogP contribution >= 0.6 is 0 Å². The topological polar surface area (TPSA) is 75.3 Å². The molecule has 0 aliphatic heterocycles. The molecule has 0 aromatic heterocycles. The fraction of sp³-hybridized carbons (Fsp3) is 0.435. The van der Waals surface area contributed by atoms with Gasteiger partial charge in [-0.2, -0.15) is 0 Å². The molecule has 0 saturated heterocycles. The number of anilines is 1. The lowest BCUT2D eigenvalue weighted by atomic mass is 10.1. The number of sulfonamides is 1. The summed E-state index contributed by atoms with van der Waals surface area (Å²) in [5.41, 5.74) is 2.56. The van der Waals surface area contributed by atoms with Crippen molar-refractivity contribution >= 4 is 21.6 Å². The second kappa shape index (κ2) is 9.92. The first-order chi connectivity index (χ1) is 13.9. The number of aryl methyl sites for hydroxylation is 2. The third-order valence-electron chi connectivity index (χ3n) is 5.40. The van der Waals surface area contributed by atoms with Crippen LogP contribution in [0.2, 0.25) is 0 Å². The maximum Gasteiger partial charge on any atom is 0.261 e. The molecule has 1 fully saturated rings. The van der Waals surface area contributed by atoms with Gasteiger partial charge in [0.05, 0.1) is 4.90 Å². The first kappa shape index (κ1) is 21.4. The third-order valence-corrected chi connectivity index (χ3v) is 6.80. The number of hydrogen-bond acceptors (Lipinski definition) is 3. The number of benzene rings is 2. The quantitative estimate of drug-likeness (QED) is 0.652. The van der Waals surface area contributed by atoms with Crippen molar-refractivity contribution in [3.63, 3.8) is 0 Å². The van der Waals surface area contributed by atoms with E-state index in [0.29, 0.717) is 24.6 Å². The van der Waals surface area contributed by atoms with Gasteiger partial charge in [0.15, 0.2) is 0 Å². The fourth-order valence-corrected chi connectivity index (χ4v) is 4.71. The number of carbonyl (C=O) groups is 1. The average molecular weight is 415 g/mol. The number of hydrogen-bond donors (Lipinski definition) is 2. The van der Waals surface area contributed by atoms with Crippen molar-refractivity contribution in [2.45, 2.75) is 69.2 Å². The van der Waals surface area contributed by atoms with E-state index >= 15 is 0 Å². The number of carbonyl (C=O) groups excluding carboxylic acids is 1. The predicted octanol–water partition coefficient (Wildman–Crippen LogP) is 4.57. The van der Waals surface area contributed by atoms with Crippen molar-refractivity contribution < 1.29 is 13.2 Å². The van der Waals surface area contributed by atoms with E-state index in [1.807, 2.05) is 19.1 Å². The van der Waals surface area contributed by atoms with Crippen LogP contribution in [0.3, 0.4) is 0 Å². The Morgan fingerprint density at radius 3 is 2.17 bits per heavy atom. The zero-order chi connectivity index (χ0) is 20.7. The van der Waals surface area contributed by atoms with Crippen molar-refractivity contribution in [1.29, 1.82) is 0 Å². The van der Waals surface area contributed by atoms with E-state index in [0.717, 1.165) is 24.0 Å². The van der Waals surface area contributed by atoms with Gasteiger partial charge in [-0.3, -0.25) is 9.52 Å². The summed E-state index contributed by atoms with van der Waals surface area (Å²) in [4.78, 5) is 12.4. The molecule has 29 heavy (non-hydrogen) atoms. The molecule has 2 aromatic carbocycles. The van der Waals surface area contributed by atoms with Crippen molar-refractivity contribution in [2.75, 3.05) is 4.72 Å². The third kappa shape index (κ3) is 6.60. The van der Waals surface area contributed by atoms with Gasteiger partial charge in [0.25, 0.3) is 10.0 Å². The van der Waals surface area contributed by atoms with Crippen LogP contribution in [0.4, 0.5) is 5.69 Å². The molecule has 0 bridgehead atoms. The van der Waals surface area contributed by atoms with Gasteiger partial charge in [-0.05, 0) is 56.0 Å². The van der Waals surface area contributed by atoms with Crippen molar-refractivity contribution in [2.24, 2.45) is 0 Å². The van der Waals surface area contributed by atoms with Crippen LogP contribution < -0.4 is 10.0 Å². The molecule has 0 radical (unpaired) electrons. The van der Waals surface area contributed by atoms with Crippen LogP contribution in [0.15, 0.2) is 53.4 Å². The first-order valence-electron chi connectivity index (χ1n) is 10.4. The van der Waals surface area contributed by atoms with Crippen LogP contribution in [0.1, 0.15) is 56.1 Å². The standard InChI is InChI=1S/C23H30N2O3S/c1-18-8-13-21(14-9-18)25-29(27,28)22-15-10-19(11-16-22)12-17-23(26)24-20-6-4-2-3-5-7-20/h8-11,13-16,20,25H,2-7,12,17H2,1H3,(H,24,26). The molecule has 156 valence electrons. The van der Waals surface area contributed by atoms with E-state index in [-0.39, 0.29) is 10.8 Å². The normalized spacial score (nSPS) is 15.5. The highest BCUT2D eigenvalue weighted by Gasteiger charge is 2.16. The Balaban J connectivity index is 1.52. The zero-order valence-electron chi connectivity index (χ0n) is 17.0. The van der Waals surface area contributed by atoms with Crippen LogP contribution in [-0.4, -0.2) is 20.4 Å². The van der Waals surface area contributed by atoms with E-state index in [4.69, 9.17) is 0 Å². The molecule has 1 aliphatic carbocycles. The molecule has 0 spiro atoms. The van der Waals surface area contributed by atoms with Gasteiger partial charge >= 0.3 is 0 Å². The molecular weight excluding hydrogens is 384 g/mol. The number of rotatable bonds is 7. The van der Waals surface area contributed by atoms with E-state index in [9.17, 15) is 13.2 Å². The minimum Gasteiger partial charge on any atom is -0.353 e. The Bertz CT molecular complexity index is 898. The van der Waals surface area contributed by atoms with Crippen molar-refractivity contribution in [3.05, 3.63) is 59.7 Å². The molecule has 3 rings (SSSR count). The van der Waals surface area contributed by atoms with E-state index in [1.165, 1.54) is 25.7 Å². The average Bonchev–Trinajstić information content (AvgIpc) is 2.97. The molecule has 0 heterocycles. The molecule has 1 saturated carbocycles. The maximum atomic E-state index is 12.5. The van der Waals surface area contributed by atoms with E-state index < -0.39 is 10.0 Å². The summed E-state index contributed by atoms with van der Waals surface area (Å²) in [6.07, 6.45) is 8.09. The highest BCUT2D eigenvalue weighted by molar-refractivity contribution is 7.92. The van der Waals surface area contributed by atoms with Crippen LogP contribution in [0.25, 0.3) is 0 Å². The minimum absolute atomic E-state index is 0.0784. The highest BCUT2D eigenvalue weighted by atomic mass is 32.2. The number of nitrogens with one attached hydrogen (secondary N) is 2. The summed E-state index contributed by atoms with van der Waals surface area (Å²) < 4.78 is 27.7. The van der Waals surface area contributed by atoms with Gasteiger partial charge < -0.3 is 5.32 Å². The molecule has 5 nitrogen and oxygen atoms in total. The summed E-state index contributed by atoms with van der Waals surface area (Å²) >= 11 is 0. The van der Waals surface area contributed by atoms with Gasteiger partial charge in [-0.25, -0.2) is 8.42 Å². The monoisotopic (exact) mass is 414 g/mol. The summed E-state index contributed by atoms with van der Waals surface area (Å²) in [6, 6.07) is 14.3. The van der Waals surface area contributed by atoms with E-state index in [2.05, 4.69) is 10.0 Å². The first-order valence-corrected chi connectivity index (χ1v) is 11.9. The smallest absolute Gasteiger partial charge is 0.261 e. The number of amides is 1. The Labute approximate surface area is 174 Å². The fourth-order valence-electron chi connectivity index (χ4n) is 3.65. The summed E-state index contributed by atoms with van der Waals surface area (Å²) in [5.74, 6) is 0.0784. The SMILES string of the molecule is Cc1ccc(NS(=O)(=O)c2ccc(CCC(=O)NC3CCCCCC3)cc2)cc1. The maximum absolute atomic E-state index is 12.5. The second-order valence-electron chi connectivity index (χ2n) is 7.87. The van der Waals surface area contributed by atoms with Crippen molar-refractivity contribution in [3.8, 4) is 0 Å². The second-order valence-corrected chi connectivity index (χ2v) is 9.55. The minimum atomic E-state index is -3.63. The Morgan fingerprint density at radius 2 is 1.55 bits per heavy atom. The molecule has 1 aliphatic rings. The van der Waals surface area contributed by atoms with Gasteiger partial charge in [0.2, 0.25) is 5.91 Å². The van der Waals surface area contributed by atoms with Crippen LogP contribution in [-0.2, 0) is 21.2 Å². The molecule has 2 N–H and O–H groups in total. The Hall–Kier alpha value is -2.34. The molecule has 6 heteroatoms. The molecule has 1 amide bonds. The molecule has 0 unspecified atom stereocenters. The van der Waals surface area contributed by atoms with Gasteiger partial charge in [0, 0.05) is 18.2 Å². The van der Waals surface area contributed by atoms with E-state index in [1.54, 1.807) is 36.4 Å². The Kier molecular flexibility index (Phi) is 7.31. The highest BCUT2D eigenvalue weighted by Crippen LogP contribution is 2.19. The summed E-state index contributed by atoms with van der Waals surface area (Å²) in [5, 5.41) is 3.15. The lowest BCUT2D eigenvalue weighted by molar-refractivity contribution is -0.121. The van der Waals surface area contributed by atoms with Gasteiger partial charge in [0.1, 0.15) is 0 Å². The largest absolute Gasteiger partial charge is 0.353 e. The van der Waals surface area contributed by atoms with Crippen molar-refractivity contribution in [1.82, 2.24) is 5.32 Å². The van der Waals surface area contributed by atoms with Gasteiger partial charge in [-0.1, -0.05) is 55.5 Å². The lowest BCUT2D eigenvalue weighted by Crippen LogP contribution is -2.34. The summed E-state index contributed by atoms with van der Waals surface area (Å²) in [6.45, 7) is 1.95. The zero-order valence-corrected chi connectivity index (χ0v) is 17.8. The van der Waals surface area contributed by atoms with Crippen LogP contribution in [0.5, 0.6) is 0 Å². The molecule has 2 aromatic rings. The van der Waals surface area contributed by atoms with Crippen LogP contribution in [0, 0.1) is 6.92 Å². The Morgan fingerprint density at radius 1 is 0.931 bits per heavy atom. The molecular formula is C23H30N2O3S. The predicted molar refractivity (Wildman–Crippen MR) is 116 cm³/mol.